The van der Waals surface area contributed by atoms with E-state index >= 15 is 0 Å². The lowest BCUT2D eigenvalue weighted by Crippen LogP contribution is -1.97. The molecule has 0 heterocycles. The SMILES string of the molecule is NCC#Cc1cc([N+](=O)[O-])c(N)cc1Cl. The molecule has 1 rings (SSSR count). The summed E-state index contributed by atoms with van der Waals surface area (Å²) in [5.41, 5.74) is 10.8. The molecular weight excluding hydrogens is 218 g/mol. The minimum Gasteiger partial charge on any atom is -0.393 e. The molecule has 1 aromatic rings. The summed E-state index contributed by atoms with van der Waals surface area (Å²) in [5, 5.41) is 10.8. The van der Waals surface area contributed by atoms with Crippen LogP contribution in [0.1, 0.15) is 5.56 Å². The van der Waals surface area contributed by atoms with E-state index in [2.05, 4.69) is 11.8 Å². The first-order valence-corrected chi connectivity index (χ1v) is 4.36. The summed E-state index contributed by atoms with van der Waals surface area (Å²) in [5.74, 6) is 5.19. The Morgan fingerprint density at radius 3 is 2.73 bits per heavy atom. The zero-order valence-corrected chi connectivity index (χ0v) is 8.41. The lowest BCUT2D eigenvalue weighted by Gasteiger charge is -2.00. The van der Waals surface area contributed by atoms with E-state index in [0.29, 0.717) is 5.56 Å². The van der Waals surface area contributed by atoms with Crippen molar-refractivity contribution >= 4 is 23.0 Å². The molecule has 0 saturated carbocycles. The average molecular weight is 226 g/mol. The standard InChI is InChI=1S/C9H8ClN3O2/c10-7-5-8(12)9(13(14)15)4-6(7)2-1-3-11/h4-5H,3,11-12H2. The van der Waals surface area contributed by atoms with Gasteiger partial charge in [-0.15, -0.1) is 0 Å². The molecule has 4 N–H and O–H groups in total. The third kappa shape index (κ3) is 2.59. The van der Waals surface area contributed by atoms with Crippen molar-refractivity contribution in [3.8, 4) is 11.8 Å². The molecule has 0 amide bonds. The summed E-state index contributed by atoms with van der Waals surface area (Å²) < 4.78 is 0. The summed E-state index contributed by atoms with van der Waals surface area (Å²) in [7, 11) is 0. The highest BCUT2D eigenvalue weighted by molar-refractivity contribution is 6.32. The fraction of sp³-hybridized carbons (Fsp3) is 0.111. The number of benzene rings is 1. The van der Waals surface area contributed by atoms with Gasteiger partial charge in [-0.05, 0) is 6.07 Å². The van der Waals surface area contributed by atoms with Crippen LogP contribution in [0.3, 0.4) is 0 Å². The molecular formula is C9H8ClN3O2. The van der Waals surface area contributed by atoms with Gasteiger partial charge >= 0.3 is 0 Å². The van der Waals surface area contributed by atoms with E-state index in [1.165, 1.54) is 12.1 Å². The summed E-state index contributed by atoms with van der Waals surface area (Å²) in [4.78, 5) is 9.98. The van der Waals surface area contributed by atoms with E-state index in [1.807, 2.05) is 0 Å². The molecule has 0 aliphatic carbocycles. The molecule has 0 unspecified atom stereocenters. The van der Waals surface area contributed by atoms with Crippen LogP contribution in [0.2, 0.25) is 5.02 Å². The summed E-state index contributed by atoms with van der Waals surface area (Å²) >= 11 is 5.80. The van der Waals surface area contributed by atoms with Gasteiger partial charge in [-0.3, -0.25) is 10.1 Å². The van der Waals surface area contributed by atoms with Crippen molar-refractivity contribution in [3.05, 3.63) is 32.8 Å². The summed E-state index contributed by atoms with van der Waals surface area (Å²) in [6, 6.07) is 2.54. The van der Waals surface area contributed by atoms with Gasteiger partial charge in [0.25, 0.3) is 5.69 Å². The molecule has 5 nitrogen and oxygen atoms in total. The Kier molecular flexibility index (Phi) is 3.50. The molecule has 0 aliphatic rings. The predicted molar refractivity (Wildman–Crippen MR) is 58.5 cm³/mol. The Hall–Kier alpha value is -1.77. The molecule has 0 aliphatic heterocycles. The van der Waals surface area contributed by atoms with Gasteiger partial charge in [0.2, 0.25) is 0 Å². The normalized spacial score (nSPS) is 9.20. The number of hydrogen-bond donors (Lipinski definition) is 2. The first kappa shape index (κ1) is 11.3. The average Bonchev–Trinajstić information content (AvgIpc) is 2.16. The number of anilines is 1. The lowest BCUT2D eigenvalue weighted by molar-refractivity contribution is -0.383. The third-order valence-corrected chi connectivity index (χ3v) is 1.95. The van der Waals surface area contributed by atoms with Gasteiger partial charge in [0.1, 0.15) is 5.69 Å². The summed E-state index contributed by atoms with van der Waals surface area (Å²) in [6.07, 6.45) is 0. The topological polar surface area (TPSA) is 95.2 Å². The quantitative estimate of drug-likeness (QED) is 0.324. The second-order valence-corrected chi connectivity index (χ2v) is 3.06. The van der Waals surface area contributed by atoms with Crippen molar-refractivity contribution in [2.75, 3.05) is 12.3 Å². The van der Waals surface area contributed by atoms with Crippen LogP contribution in [-0.2, 0) is 0 Å². The molecule has 0 saturated heterocycles. The number of nitrogen functional groups attached to an aromatic ring is 1. The smallest absolute Gasteiger partial charge is 0.293 e. The van der Waals surface area contributed by atoms with Crippen molar-refractivity contribution in [2.45, 2.75) is 0 Å². The first-order valence-electron chi connectivity index (χ1n) is 3.98. The number of nitrogens with two attached hydrogens (primary N) is 2. The molecule has 0 atom stereocenters. The second kappa shape index (κ2) is 4.64. The van der Waals surface area contributed by atoms with Crippen molar-refractivity contribution in [1.82, 2.24) is 0 Å². The van der Waals surface area contributed by atoms with Gasteiger partial charge in [-0.2, -0.15) is 0 Å². The maximum atomic E-state index is 10.6. The lowest BCUT2D eigenvalue weighted by atomic mass is 10.2. The van der Waals surface area contributed by atoms with Crippen LogP contribution in [0.15, 0.2) is 12.1 Å². The van der Waals surface area contributed by atoms with Crippen LogP contribution in [0.4, 0.5) is 11.4 Å². The van der Waals surface area contributed by atoms with Crippen LogP contribution in [0.5, 0.6) is 0 Å². The number of rotatable bonds is 1. The third-order valence-electron chi connectivity index (χ3n) is 1.64. The minimum atomic E-state index is -0.584. The predicted octanol–water partition coefficient (Wildman–Crippen LogP) is 1.14. The zero-order valence-electron chi connectivity index (χ0n) is 7.66. The Morgan fingerprint density at radius 2 is 2.20 bits per heavy atom. The second-order valence-electron chi connectivity index (χ2n) is 2.65. The van der Waals surface area contributed by atoms with Crippen molar-refractivity contribution in [2.24, 2.45) is 5.73 Å². The molecule has 0 aromatic heterocycles. The van der Waals surface area contributed by atoms with Crippen LogP contribution >= 0.6 is 11.6 Å². The van der Waals surface area contributed by atoms with Gasteiger partial charge in [-0.25, -0.2) is 0 Å². The van der Waals surface area contributed by atoms with Gasteiger partial charge in [0.05, 0.1) is 22.1 Å². The largest absolute Gasteiger partial charge is 0.393 e. The van der Waals surface area contributed by atoms with E-state index < -0.39 is 4.92 Å². The molecule has 15 heavy (non-hydrogen) atoms. The number of hydrogen-bond acceptors (Lipinski definition) is 4. The van der Waals surface area contributed by atoms with Crippen LogP contribution < -0.4 is 11.5 Å². The van der Waals surface area contributed by atoms with E-state index in [9.17, 15) is 10.1 Å². The molecule has 0 bridgehead atoms. The molecule has 0 fully saturated rings. The van der Waals surface area contributed by atoms with Gasteiger partial charge in [0, 0.05) is 6.07 Å². The number of nitro benzene ring substituents is 1. The number of nitrogens with zero attached hydrogens (tertiary/aromatic N) is 1. The Labute approximate surface area is 91.2 Å². The minimum absolute atomic E-state index is 0.0169. The van der Waals surface area contributed by atoms with E-state index in [0.717, 1.165) is 0 Å². The maximum Gasteiger partial charge on any atom is 0.293 e. The maximum absolute atomic E-state index is 10.6. The number of halogens is 1. The van der Waals surface area contributed by atoms with Gasteiger partial charge < -0.3 is 11.5 Å². The molecule has 6 heteroatoms. The fourth-order valence-electron chi connectivity index (χ4n) is 0.977. The first-order chi connectivity index (χ1) is 7.06. The Morgan fingerprint density at radius 1 is 1.53 bits per heavy atom. The zero-order chi connectivity index (χ0) is 11.4. The molecule has 0 radical (unpaired) electrons. The molecule has 1 aromatic carbocycles. The van der Waals surface area contributed by atoms with Crippen molar-refractivity contribution in [3.63, 3.8) is 0 Å². The highest BCUT2D eigenvalue weighted by atomic mass is 35.5. The van der Waals surface area contributed by atoms with Gasteiger partial charge in [-0.1, -0.05) is 23.4 Å². The Bertz CT molecular complexity index is 462. The fourth-order valence-corrected chi connectivity index (χ4v) is 1.20. The van der Waals surface area contributed by atoms with Gasteiger partial charge in [0.15, 0.2) is 0 Å². The monoisotopic (exact) mass is 225 g/mol. The number of nitro groups is 1. The summed E-state index contributed by atoms with van der Waals surface area (Å²) in [6.45, 7) is 0.161. The van der Waals surface area contributed by atoms with Crippen molar-refractivity contribution in [1.29, 1.82) is 0 Å². The van der Waals surface area contributed by atoms with E-state index in [-0.39, 0.29) is 22.9 Å². The highest BCUT2D eigenvalue weighted by Crippen LogP contribution is 2.28. The van der Waals surface area contributed by atoms with Crippen molar-refractivity contribution < 1.29 is 4.92 Å². The molecule has 78 valence electrons. The van der Waals surface area contributed by atoms with Crippen LogP contribution in [0.25, 0.3) is 0 Å². The van der Waals surface area contributed by atoms with E-state index in [4.69, 9.17) is 23.1 Å². The van der Waals surface area contributed by atoms with E-state index in [1.54, 1.807) is 0 Å². The highest BCUT2D eigenvalue weighted by Gasteiger charge is 2.14. The van der Waals surface area contributed by atoms with Crippen LogP contribution in [0, 0.1) is 22.0 Å². The van der Waals surface area contributed by atoms with Crippen LogP contribution in [-0.4, -0.2) is 11.5 Å². The Balaban J connectivity index is 3.29. The molecule has 0 spiro atoms.